The third kappa shape index (κ3) is 3.04. The molecule has 0 aliphatic carbocycles. The van der Waals surface area contributed by atoms with Gasteiger partial charge in [0.1, 0.15) is 0 Å². The van der Waals surface area contributed by atoms with Crippen LogP contribution in [-0.2, 0) is 0 Å². The fraction of sp³-hybridized carbons (Fsp3) is 0. The lowest BCUT2D eigenvalue weighted by Crippen LogP contribution is -2.26. The first-order valence-electron chi connectivity index (χ1n) is 6.59. The minimum absolute atomic E-state index is 0.831. The van der Waals surface area contributed by atoms with E-state index in [0.717, 1.165) is 21.9 Å². The van der Waals surface area contributed by atoms with E-state index in [1.807, 2.05) is 67.1 Å². The fourth-order valence-electron chi connectivity index (χ4n) is 1.97. The Hall–Kier alpha value is -2.38. The number of pyridine rings is 3. The molecule has 0 aromatic carbocycles. The lowest BCUT2D eigenvalue weighted by molar-refractivity contribution is 1.35. The summed E-state index contributed by atoms with van der Waals surface area (Å²) in [6.07, 6.45) is 7.25. The molecule has 0 fully saturated rings. The van der Waals surface area contributed by atoms with Gasteiger partial charge in [-0.05, 0) is 35.9 Å². The number of rotatable bonds is 4. The van der Waals surface area contributed by atoms with Crippen LogP contribution in [-0.4, -0.2) is 15.0 Å². The molecule has 0 saturated carbocycles. The number of hydrogen-bond acceptors (Lipinski definition) is 3. The largest absolute Gasteiger partial charge is 0.256 e. The molecule has 3 heterocycles. The molecule has 0 unspecified atom stereocenters. The van der Waals surface area contributed by atoms with Crippen LogP contribution < -0.4 is 16.3 Å². The van der Waals surface area contributed by atoms with E-state index in [2.05, 4.69) is 21.5 Å². The van der Waals surface area contributed by atoms with Gasteiger partial charge in [0.2, 0.25) is 0 Å². The third-order valence-electron chi connectivity index (χ3n) is 2.99. The van der Waals surface area contributed by atoms with Gasteiger partial charge in [-0.15, -0.1) is 0 Å². The molecule has 0 amide bonds. The van der Waals surface area contributed by atoms with E-state index < -0.39 is 7.92 Å². The predicted molar refractivity (Wildman–Crippen MR) is 88.6 cm³/mol. The van der Waals surface area contributed by atoms with E-state index in [4.69, 9.17) is 0 Å². The van der Waals surface area contributed by atoms with Crippen molar-refractivity contribution in [3.05, 3.63) is 79.3 Å². The maximum atomic E-state index is 4.58. The van der Waals surface area contributed by atoms with Crippen molar-refractivity contribution in [1.29, 1.82) is 0 Å². The molecule has 3 nitrogen and oxygen atoms in total. The van der Waals surface area contributed by atoms with Crippen molar-refractivity contribution >= 4 is 30.3 Å². The predicted octanol–water partition coefficient (Wildman–Crippen LogP) is 2.27. The Balaban J connectivity index is 2.09. The molecule has 0 aliphatic heterocycles. The monoisotopic (exact) mass is 291 g/mol. The number of aromatic nitrogens is 3. The Morgan fingerprint density at radius 2 is 1.38 bits per heavy atom. The summed E-state index contributed by atoms with van der Waals surface area (Å²) in [6, 6.07) is 16.0. The molecule has 4 heteroatoms. The zero-order valence-corrected chi connectivity index (χ0v) is 12.3. The van der Waals surface area contributed by atoms with Crippen molar-refractivity contribution in [1.82, 2.24) is 15.0 Å². The minimum atomic E-state index is -0.831. The van der Waals surface area contributed by atoms with Crippen LogP contribution in [0.5, 0.6) is 0 Å². The molecule has 0 N–H and O–H groups in total. The van der Waals surface area contributed by atoms with Gasteiger partial charge in [0.25, 0.3) is 0 Å². The van der Waals surface area contributed by atoms with Gasteiger partial charge in [-0.25, -0.2) is 0 Å². The van der Waals surface area contributed by atoms with Crippen LogP contribution in [0.15, 0.2) is 73.7 Å². The molecule has 3 rings (SSSR count). The van der Waals surface area contributed by atoms with Gasteiger partial charge in [-0.2, -0.15) is 0 Å². The standard InChI is InChI=1S/C17H14N3P/c1-2-14-9-10-17(20-13-14)21(15-7-3-5-11-18-15)16-8-4-6-12-19-16/h2-13H,1H2. The molecule has 0 bridgehead atoms. The van der Waals surface area contributed by atoms with Crippen LogP contribution in [0.2, 0.25) is 0 Å². The zero-order valence-electron chi connectivity index (χ0n) is 11.4. The summed E-state index contributed by atoms with van der Waals surface area (Å²) < 4.78 is 0. The van der Waals surface area contributed by atoms with Crippen molar-refractivity contribution in [3.63, 3.8) is 0 Å². The second kappa shape index (κ2) is 6.38. The molecule has 0 aliphatic rings. The summed E-state index contributed by atoms with van der Waals surface area (Å²) in [6.45, 7) is 3.76. The molecular weight excluding hydrogens is 277 g/mol. The first-order chi connectivity index (χ1) is 10.4. The SMILES string of the molecule is C=Cc1ccc(P(c2ccccn2)c2ccccn2)nc1. The van der Waals surface area contributed by atoms with Gasteiger partial charge in [0, 0.05) is 26.5 Å². The lowest BCUT2D eigenvalue weighted by Gasteiger charge is -2.15. The Morgan fingerprint density at radius 1 is 0.762 bits per heavy atom. The Morgan fingerprint density at radius 3 is 1.81 bits per heavy atom. The van der Waals surface area contributed by atoms with Crippen molar-refractivity contribution in [2.24, 2.45) is 0 Å². The highest BCUT2D eigenvalue weighted by atomic mass is 31.1. The molecule has 3 aromatic rings. The van der Waals surface area contributed by atoms with E-state index in [1.54, 1.807) is 6.08 Å². The van der Waals surface area contributed by atoms with Gasteiger partial charge in [-0.3, -0.25) is 15.0 Å². The highest BCUT2D eigenvalue weighted by molar-refractivity contribution is 7.79. The lowest BCUT2D eigenvalue weighted by atomic mass is 10.3. The molecule has 3 aromatic heterocycles. The average Bonchev–Trinajstić information content (AvgIpc) is 2.58. The highest BCUT2D eigenvalue weighted by Gasteiger charge is 2.19. The highest BCUT2D eigenvalue weighted by Crippen LogP contribution is 2.29. The van der Waals surface area contributed by atoms with Crippen LogP contribution in [0.3, 0.4) is 0 Å². The summed E-state index contributed by atoms with van der Waals surface area (Å²) in [4.78, 5) is 13.6. The van der Waals surface area contributed by atoms with E-state index in [-0.39, 0.29) is 0 Å². The van der Waals surface area contributed by atoms with Gasteiger partial charge in [0.15, 0.2) is 0 Å². The molecule has 0 spiro atoms. The maximum Gasteiger partial charge on any atom is 0.0753 e. The molecular formula is C17H14N3P. The van der Waals surface area contributed by atoms with Crippen molar-refractivity contribution in [2.45, 2.75) is 0 Å². The third-order valence-corrected chi connectivity index (χ3v) is 5.16. The van der Waals surface area contributed by atoms with Gasteiger partial charge in [-0.1, -0.05) is 30.9 Å². The quantitative estimate of drug-likeness (QED) is 0.692. The molecule has 21 heavy (non-hydrogen) atoms. The van der Waals surface area contributed by atoms with E-state index >= 15 is 0 Å². The van der Waals surface area contributed by atoms with Crippen molar-refractivity contribution in [2.75, 3.05) is 0 Å². The average molecular weight is 291 g/mol. The van der Waals surface area contributed by atoms with E-state index in [0.29, 0.717) is 0 Å². The Kier molecular flexibility index (Phi) is 4.13. The van der Waals surface area contributed by atoms with Crippen LogP contribution >= 0.6 is 7.92 Å². The summed E-state index contributed by atoms with van der Waals surface area (Å²) in [7, 11) is -0.831. The van der Waals surface area contributed by atoms with Crippen LogP contribution in [0.25, 0.3) is 6.08 Å². The van der Waals surface area contributed by atoms with E-state index in [1.165, 1.54) is 0 Å². The number of hydrogen-bond donors (Lipinski definition) is 0. The second-order valence-corrected chi connectivity index (χ2v) is 6.41. The molecule has 102 valence electrons. The molecule has 0 atom stereocenters. The molecule has 0 radical (unpaired) electrons. The van der Waals surface area contributed by atoms with Crippen LogP contribution in [0.1, 0.15) is 5.56 Å². The number of nitrogens with zero attached hydrogens (tertiary/aromatic N) is 3. The van der Waals surface area contributed by atoms with Crippen molar-refractivity contribution < 1.29 is 0 Å². The Labute approximate surface area is 125 Å². The summed E-state index contributed by atoms with van der Waals surface area (Å²) >= 11 is 0. The maximum absolute atomic E-state index is 4.58. The normalized spacial score (nSPS) is 10.5. The summed E-state index contributed by atoms with van der Waals surface area (Å²) in [5.41, 5.74) is 4.01. The first kappa shape index (κ1) is 13.6. The van der Waals surface area contributed by atoms with E-state index in [9.17, 15) is 0 Å². The minimum Gasteiger partial charge on any atom is -0.256 e. The second-order valence-electron chi connectivity index (χ2n) is 4.37. The molecule has 0 saturated heterocycles. The first-order valence-corrected chi connectivity index (χ1v) is 7.93. The Bertz CT molecular complexity index is 673. The smallest absolute Gasteiger partial charge is 0.0753 e. The summed E-state index contributed by atoms with van der Waals surface area (Å²) in [5, 5.41) is 0. The fourth-order valence-corrected chi connectivity index (χ4v) is 3.91. The van der Waals surface area contributed by atoms with Crippen molar-refractivity contribution in [3.8, 4) is 0 Å². The topological polar surface area (TPSA) is 38.7 Å². The summed E-state index contributed by atoms with van der Waals surface area (Å²) in [5.74, 6) is 0. The van der Waals surface area contributed by atoms with Gasteiger partial charge < -0.3 is 0 Å². The zero-order chi connectivity index (χ0) is 14.5. The van der Waals surface area contributed by atoms with Gasteiger partial charge >= 0.3 is 0 Å². The van der Waals surface area contributed by atoms with Crippen LogP contribution in [0, 0.1) is 0 Å². The van der Waals surface area contributed by atoms with Crippen LogP contribution in [0.4, 0.5) is 0 Å². The van der Waals surface area contributed by atoms with Gasteiger partial charge in [0.05, 0.1) is 16.3 Å².